The van der Waals surface area contributed by atoms with Crippen molar-refractivity contribution in [2.75, 3.05) is 5.73 Å². The Hall–Kier alpha value is -1.55. The molecule has 3 nitrogen and oxygen atoms in total. The first-order valence-electron chi connectivity index (χ1n) is 5.28. The van der Waals surface area contributed by atoms with Crippen LogP contribution in [0.4, 0.5) is 10.2 Å². The number of aromatic nitrogens is 2. The van der Waals surface area contributed by atoms with Gasteiger partial charge in [0.1, 0.15) is 17.3 Å². The van der Waals surface area contributed by atoms with E-state index in [0.29, 0.717) is 22.1 Å². The van der Waals surface area contributed by atoms with Gasteiger partial charge in [0.15, 0.2) is 0 Å². The summed E-state index contributed by atoms with van der Waals surface area (Å²) in [5.74, 6) is 0.118. The molecule has 0 aliphatic carbocycles. The second-order valence-corrected chi connectivity index (χ2v) is 4.57. The first-order chi connectivity index (χ1) is 7.99. The van der Waals surface area contributed by atoms with Crippen LogP contribution in [0.15, 0.2) is 24.5 Å². The van der Waals surface area contributed by atoms with Gasteiger partial charge < -0.3 is 10.3 Å². The van der Waals surface area contributed by atoms with Crippen LogP contribution in [0.3, 0.4) is 0 Å². The number of anilines is 1. The van der Waals surface area contributed by atoms with Crippen molar-refractivity contribution >= 4 is 17.4 Å². The Bertz CT molecular complexity index is 528. The lowest BCUT2D eigenvalue weighted by Crippen LogP contribution is -2.04. The first kappa shape index (κ1) is 11.9. The van der Waals surface area contributed by atoms with E-state index in [9.17, 15) is 4.39 Å². The van der Waals surface area contributed by atoms with E-state index in [4.69, 9.17) is 17.3 Å². The molecule has 0 aliphatic rings. The molecule has 2 N–H and O–H groups in total. The summed E-state index contributed by atoms with van der Waals surface area (Å²) in [5.41, 5.74) is 7.12. The summed E-state index contributed by atoms with van der Waals surface area (Å²) in [6.07, 6.45) is 1.65. The summed E-state index contributed by atoms with van der Waals surface area (Å²) in [6.45, 7) is 4.00. The van der Waals surface area contributed by atoms with Gasteiger partial charge in [-0.2, -0.15) is 0 Å². The number of hydrogen-bond donors (Lipinski definition) is 1. The number of nitrogen functional groups attached to an aromatic ring is 1. The average Bonchev–Trinajstić information content (AvgIpc) is 2.58. The molecule has 0 amide bonds. The van der Waals surface area contributed by atoms with Crippen molar-refractivity contribution in [2.45, 2.75) is 19.9 Å². The molecule has 0 saturated heterocycles. The summed E-state index contributed by atoms with van der Waals surface area (Å²) in [5, 5.41) is 0.332. The second kappa shape index (κ2) is 4.37. The maximum absolute atomic E-state index is 13.3. The molecule has 0 aliphatic heterocycles. The molecular formula is C12H13ClFN3. The van der Waals surface area contributed by atoms with E-state index >= 15 is 0 Å². The van der Waals surface area contributed by atoms with E-state index in [1.54, 1.807) is 12.4 Å². The van der Waals surface area contributed by atoms with Crippen molar-refractivity contribution in [3.8, 4) is 11.3 Å². The quantitative estimate of drug-likeness (QED) is 0.890. The Kier molecular flexibility index (Phi) is 3.07. The van der Waals surface area contributed by atoms with Gasteiger partial charge in [0.25, 0.3) is 0 Å². The van der Waals surface area contributed by atoms with E-state index in [0.717, 1.165) is 0 Å². The fourth-order valence-corrected chi connectivity index (χ4v) is 1.92. The number of rotatable bonds is 2. The standard InChI is InChI=1S/C12H13ClFN3/c1-7(2)17-6-16-11(12(17)15)8-3-9(13)5-10(14)4-8/h3-7H,15H2,1-2H3. The molecule has 2 rings (SSSR count). The molecule has 17 heavy (non-hydrogen) atoms. The van der Waals surface area contributed by atoms with Crippen LogP contribution in [0.5, 0.6) is 0 Å². The van der Waals surface area contributed by atoms with Gasteiger partial charge in [-0.25, -0.2) is 9.37 Å². The topological polar surface area (TPSA) is 43.8 Å². The van der Waals surface area contributed by atoms with E-state index < -0.39 is 5.82 Å². The van der Waals surface area contributed by atoms with Crippen molar-refractivity contribution in [3.63, 3.8) is 0 Å². The fourth-order valence-electron chi connectivity index (χ4n) is 1.70. The minimum absolute atomic E-state index is 0.209. The van der Waals surface area contributed by atoms with Crippen LogP contribution in [0, 0.1) is 5.82 Å². The zero-order valence-corrected chi connectivity index (χ0v) is 10.4. The third kappa shape index (κ3) is 2.26. The van der Waals surface area contributed by atoms with Crippen LogP contribution >= 0.6 is 11.6 Å². The summed E-state index contributed by atoms with van der Waals surface area (Å²) in [7, 11) is 0. The summed E-state index contributed by atoms with van der Waals surface area (Å²) < 4.78 is 15.1. The Morgan fingerprint density at radius 1 is 1.35 bits per heavy atom. The van der Waals surface area contributed by atoms with Crippen LogP contribution in [-0.4, -0.2) is 9.55 Å². The lowest BCUT2D eigenvalue weighted by molar-refractivity contribution is 0.607. The van der Waals surface area contributed by atoms with E-state index in [1.165, 1.54) is 12.1 Å². The maximum atomic E-state index is 13.3. The van der Waals surface area contributed by atoms with Gasteiger partial charge in [0, 0.05) is 16.6 Å². The third-order valence-corrected chi connectivity index (χ3v) is 2.74. The number of halogens is 2. The molecular weight excluding hydrogens is 241 g/mol. The van der Waals surface area contributed by atoms with Gasteiger partial charge in [0.2, 0.25) is 0 Å². The average molecular weight is 254 g/mol. The molecule has 1 aromatic heterocycles. The zero-order valence-electron chi connectivity index (χ0n) is 9.61. The minimum Gasteiger partial charge on any atom is -0.383 e. The summed E-state index contributed by atoms with van der Waals surface area (Å²) >= 11 is 5.81. The molecule has 0 saturated carbocycles. The zero-order chi connectivity index (χ0) is 12.6. The van der Waals surface area contributed by atoms with Crippen LogP contribution in [0.2, 0.25) is 5.02 Å². The predicted octanol–water partition coefficient (Wildman–Crippen LogP) is 3.51. The molecule has 2 aromatic rings. The highest BCUT2D eigenvalue weighted by Crippen LogP contribution is 2.29. The highest BCUT2D eigenvalue weighted by Gasteiger charge is 2.13. The van der Waals surface area contributed by atoms with Crippen molar-refractivity contribution in [1.29, 1.82) is 0 Å². The Morgan fingerprint density at radius 2 is 2.06 bits per heavy atom. The molecule has 1 heterocycles. The van der Waals surface area contributed by atoms with E-state index in [2.05, 4.69) is 4.98 Å². The smallest absolute Gasteiger partial charge is 0.131 e. The Morgan fingerprint density at radius 3 is 2.59 bits per heavy atom. The van der Waals surface area contributed by atoms with Gasteiger partial charge >= 0.3 is 0 Å². The number of nitrogens with two attached hydrogens (primary N) is 1. The molecule has 0 unspecified atom stereocenters. The maximum Gasteiger partial charge on any atom is 0.131 e. The summed E-state index contributed by atoms with van der Waals surface area (Å²) in [6, 6.07) is 4.48. The normalized spacial score (nSPS) is 11.1. The van der Waals surface area contributed by atoms with Crippen molar-refractivity contribution < 1.29 is 4.39 Å². The van der Waals surface area contributed by atoms with Crippen molar-refractivity contribution in [1.82, 2.24) is 9.55 Å². The molecule has 5 heteroatoms. The van der Waals surface area contributed by atoms with Gasteiger partial charge in [-0.05, 0) is 32.0 Å². The molecule has 0 fully saturated rings. The first-order valence-corrected chi connectivity index (χ1v) is 5.65. The molecule has 0 radical (unpaired) electrons. The largest absolute Gasteiger partial charge is 0.383 e. The second-order valence-electron chi connectivity index (χ2n) is 4.14. The van der Waals surface area contributed by atoms with Crippen molar-refractivity contribution in [2.24, 2.45) is 0 Å². The SMILES string of the molecule is CC(C)n1cnc(-c2cc(F)cc(Cl)c2)c1N. The lowest BCUT2D eigenvalue weighted by Gasteiger charge is -2.09. The number of benzene rings is 1. The highest BCUT2D eigenvalue weighted by molar-refractivity contribution is 6.30. The molecule has 1 aromatic carbocycles. The molecule has 0 spiro atoms. The van der Waals surface area contributed by atoms with Crippen molar-refractivity contribution in [3.05, 3.63) is 35.4 Å². The minimum atomic E-state index is -0.397. The van der Waals surface area contributed by atoms with Crippen LogP contribution < -0.4 is 5.73 Å². The molecule has 90 valence electrons. The van der Waals surface area contributed by atoms with Gasteiger partial charge in [0.05, 0.1) is 6.33 Å². The van der Waals surface area contributed by atoms with Gasteiger partial charge in [-0.1, -0.05) is 11.6 Å². The third-order valence-electron chi connectivity index (χ3n) is 2.52. The fraction of sp³-hybridized carbons (Fsp3) is 0.250. The number of hydrogen-bond acceptors (Lipinski definition) is 2. The van der Waals surface area contributed by atoms with E-state index in [1.807, 2.05) is 18.4 Å². The Balaban J connectivity index is 2.53. The predicted molar refractivity (Wildman–Crippen MR) is 67.4 cm³/mol. The highest BCUT2D eigenvalue weighted by atomic mass is 35.5. The van der Waals surface area contributed by atoms with Gasteiger partial charge in [-0.3, -0.25) is 0 Å². The molecule has 0 atom stereocenters. The van der Waals surface area contributed by atoms with Crippen LogP contribution in [-0.2, 0) is 0 Å². The van der Waals surface area contributed by atoms with Gasteiger partial charge in [-0.15, -0.1) is 0 Å². The number of nitrogens with zero attached hydrogens (tertiary/aromatic N) is 2. The van der Waals surface area contributed by atoms with Crippen LogP contribution in [0.1, 0.15) is 19.9 Å². The number of imidazole rings is 1. The lowest BCUT2D eigenvalue weighted by atomic mass is 10.1. The summed E-state index contributed by atoms with van der Waals surface area (Å²) in [4.78, 5) is 4.20. The van der Waals surface area contributed by atoms with Crippen LogP contribution in [0.25, 0.3) is 11.3 Å². The Labute approximate surface area is 104 Å². The van der Waals surface area contributed by atoms with E-state index in [-0.39, 0.29) is 6.04 Å². The molecule has 0 bridgehead atoms. The monoisotopic (exact) mass is 253 g/mol.